The van der Waals surface area contributed by atoms with Gasteiger partial charge < -0.3 is 25.3 Å². The summed E-state index contributed by atoms with van der Waals surface area (Å²) < 4.78 is 7.58. The molecule has 1 saturated heterocycles. The molecule has 1 aliphatic heterocycles. The topological polar surface area (TPSA) is 105 Å². The van der Waals surface area contributed by atoms with Crippen LogP contribution >= 0.6 is 0 Å². The summed E-state index contributed by atoms with van der Waals surface area (Å²) in [5.41, 5.74) is 1.66. The molecule has 3 rings (SSSR count). The van der Waals surface area contributed by atoms with Gasteiger partial charge in [0.2, 0.25) is 0 Å². The van der Waals surface area contributed by atoms with E-state index in [9.17, 15) is 4.79 Å². The number of hydrogen-bond donors (Lipinski definition) is 3. The van der Waals surface area contributed by atoms with Crippen LogP contribution in [-0.4, -0.2) is 59.5 Å². The van der Waals surface area contributed by atoms with E-state index in [1.54, 1.807) is 13.4 Å². The molecule has 9 nitrogen and oxygen atoms in total. The first-order valence-corrected chi connectivity index (χ1v) is 10.5. The van der Waals surface area contributed by atoms with E-state index < -0.39 is 0 Å². The number of aryl methyl sites for hydroxylation is 1. The zero-order chi connectivity index (χ0) is 21.2. The highest BCUT2D eigenvalue weighted by Crippen LogP contribution is 2.11. The Morgan fingerprint density at radius 1 is 1.33 bits per heavy atom. The van der Waals surface area contributed by atoms with Crippen LogP contribution in [0.5, 0.6) is 0 Å². The minimum Gasteiger partial charge on any atom is -0.376 e. The van der Waals surface area contributed by atoms with Gasteiger partial charge in [-0.1, -0.05) is 19.1 Å². The average molecular weight is 414 g/mol. The predicted molar refractivity (Wildman–Crippen MR) is 115 cm³/mol. The van der Waals surface area contributed by atoms with Crippen LogP contribution in [-0.2, 0) is 24.2 Å². The third-order valence-electron chi connectivity index (χ3n) is 5.04. The van der Waals surface area contributed by atoms with E-state index in [-0.39, 0.29) is 12.0 Å². The van der Waals surface area contributed by atoms with Crippen molar-refractivity contribution in [1.29, 1.82) is 0 Å². The van der Waals surface area contributed by atoms with Crippen LogP contribution in [0.4, 0.5) is 0 Å². The maximum Gasteiger partial charge on any atom is 0.251 e. The van der Waals surface area contributed by atoms with Gasteiger partial charge in [0, 0.05) is 51.8 Å². The van der Waals surface area contributed by atoms with Crippen molar-refractivity contribution in [1.82, 2.24) is 30.7 Å². The van der Waals surface area contributed by atoms with E-state index in [2.05, 4.69) is 38.1 Å². The third kappa shape index (κ3) is 6.28. The molecule has 0 bridgehead atoms. The smallest absolute Gasteiger partial charge is 0.251 e. The van der Waals surface area contributed by atoms with Crippen molar-refractivity contribution < 1.29 is 9.53 Å². The number of benzene rings is 1. The van der Waals surface area contributed by atoms with Gasteiger partial charge in [-0.05, 0) is 30.5 Å². The van der Waals surface area contributed by atoms with Crippen LogP contribution in [0.25, 0.3) is 0 Å². The number of guanidine groups is 1. The van der Waals surface area contributed by atoms with E-state index in [1.165, 1.54) is 0 Å². The van der Waals surface area contributed by atoms with Crippen LogP contribution in [0.15, 0.2) is 35.6 Å². The summed E-state index contributed by atoms with van der Waals surface area (Å²) in [5.74, 6) is 1.60. The highest BCUT2D eigenvalue weighted by Gasteiger charge is 2.16. The van der Waals surface area contributed by atoms with Crippen LogP contribution in [0.2, 0.25) is 0 Å². The number of nitrogens with zero attached hydrogens (tertiary/aromatic N) is 4. The van der Waals surface area contributed by atoms with E-state index in [0.29, 0.717) is 31.2 Å². The van der Waals surface area contributed by atoms with E-state index >= 15 is 0 Å². The second kappa shape index (κ2) is 11.3. The Morgan fingerprint density at radius 3 is 3.00 bits per heavy atom. The molecule has 1 amide bonds. The molecule has 9 heteroatoms. The average Bonchev–Trinajstić information content (AvgIpc) is 3.46. The fourth-order valence-corrected chi connectivity index (χ4v) is 3.38. The minimum absolute atomic E-state index is 0.0736. The third-order valence-corrected chi connectivity index (χ3v) is 5.04. The van der Waals surface area contributed by atoms with E-state index in [1.807, 2.05) is 28.8 Å². The molecule has 1 atom stereocenters. The fraction of sp³-hybridized carbons (Fsp3) is 0.524. The van der Waals surface area contributed by atoms with Gasteiger partial charge in [0.05, 0.1) is 6.10 Å². The first kappa shape index (κ1) is 21.8. The van der Waals surface area contributed by atoms with Crippen molar-refractivity contribution in [3.05, 3.63) is 47.5 Å². The summed E-state index contributed by atoms with van der Waals surface area (Å²) >= 11 is 0. The van der Waals surface area contributed by atoms with Crippen LogP contribution in [0.1, 0.15) is 41.5 Å². The number of aromatic nitrogens is 3. The highest BCUT2D eigenvalue weighted by atomic mass is 16.5. The molecule has 30 heavy (non-hydrogen) atoms. The van der Waals surface area contributed by atoms with E-state index in [0.717, 1.165) is 43.8 Å². The molecule has 0 radical (unpaired) electrons. The van der Waals surface area contributed by atoms with Crippen LogP contribution in [0, 0.1) is 0 Å². The SMILES string of the molecule is CCc1nncn1CCNC(=NC)NCc1cccc(C(=O)NCC2CCCO2)c1. The van der Waals surface area contributed by atoms with Crippen molar-refractivity contribution in [2.75, 3.05) is 26.7 Å². The van der Waals surface area contributed by atoms with Gasteiger partial charge in [-0.3, -0.25) is 9.79 Å². The van der Waals surface area contributed by atoms with Gasteiger partial charge in [0.1, 0.15) is 12.2 Å². The number of carbonyl (C=O) groups excluding carboxylic acids is 1. The van der Waals surface area contributed by atoms with E-state index in [4.69, 9.17) is 4.74 Å². The number of aliphatic imine (C=N–C) groups is 1. The van der Waals surface area contributed by atoms with Crippen LogP contribution < -0.4 is 16.0 Å². The van der Waals surface area contributed by atoms with Gasteiger partial charge >= 0.3 is 0 Å². The Morgan fingerprint density at radius 2 is 2.23 bits per heavy atom. The van der Waals surface area contributed by atoms with Crippen molar-refractivity contribution in [3.8, 4) is 0 Å². The second-order valence-corrected chi connectivity index (χ2v) is 7.19. The minimum atomic E-state index is -0.0736. The Kier molecular flexibility index (Phi) is 8.20. The van der Waals surface area contributed by atoms with Gasteiger partial charge in [0.15, 0.2) is 5.96 Å². The first-order chi connectivity index (χ1) is 14.7. The Hall–Kier alpha value is -2.94. The standard InChI is InChI=1S/C21H31N7O2/c1-3-19-27-26-15-28(19)10-9-23-21(22-2)25-13-16-6-4-7-17(12-16)20(29)24-14-18-8-5-11-30-18/h4,6-7,12,15,18H,3,5,8-11,13-14H2,1-2H3,(H,24,29)(H2,22,23,25). The molecule has 162 valence electrons. The van der Waals surface area contributed by atoms with Gasteiger partial charge in [-0.2, -0.15) is 0 Å². The fourth-order valence-electron chi connectivity index (χ4n) is 3.38. The van der Waals surface area contributed by atoms with Crippen molar-refractivity contribution >= 4 is 11.9 Å². The molecule has 3 N–H and O–H groups in total. The largest absolute Gasteiger partial charge is 0.376 e. The number of ether oxygens (including phenoxy) is 1. The zero-order valence-corrected chi connectivity index (χ0v) is 17.7. The molecule has 1 aromatic carbocycles. The molecule has 0 aliphatic carbocycles. The number of nitrogens with one attached hydrogen (secondary N) is 3. The summed E-state index contributed by atoms with van der Waals surface area (Å²) in [6, 6.07) is 7.61. The molecule has 1 aromatic heterocycles. The van der Waals surface area contributed by atoms with Gasteiger partial charge in [-0.25, -0.2) is 0 Å². The maximum atomic E-state index is 12.4. The summed E-state index contributed by atoms with van der Waals surface area (Å²) in [6.07, 6.45) is 4.81. The van der Waals surface area contributed by atoms with Crippen molar-refractivity contribution in [2.45, 2.75) is 45.4 Å². The zero-order valence-electron chi connectivity index (χ0n) is 17.7. The Labute approximate surface area is 177 Å². The molecule has 2 heterocycles. The molecule has 1 unspecified atom stereocenters. The highest BCUT2D eigenvalue weighted by molar-refractivity contribution is 5.94. The van der Waals surface area contributed by atoms with Gasteiger partial charge in [0.25, 0.3) is 5.91 Å². The lowest BCUT2D eigenvalue weighted by molar-refractivity contribution is 0.0857. The quantitative estimate of drug-likeness (QED) is 0.420. The molecular formula is C21H31N7O2. The molecule has 1 aliphatic rings. The Balaban J connectivity index is 1.44. The molecule has 1 fully saturated rings. The van der Waals surface area contributed by atoms with Crippen molar-refractivity contribution in [3.63, 3.8) is 0 Å². The second-order valence-electron chi connectivity index (χ2n) is 7.19. The summed E-state index contributed by atoms with van der Waals surface area (Å²) in [6.45, 7) is 5.44. The van der Waals surface area contributed by atoms with Crippen molar-refractivity contribution in [2.24, 2.45) is 4.99 Å². The molecule has 2 aromatic rings. The summed E-state index contributed by atoms with van der Waals surface area (Å²) in [4.78, 5) is 16.7. The molecule has 0 spiro atoms. The Bertz CT molecular complexity index is 843. The predicted octanol–water partition coefficient (Wildman–Crippen LogP) is 1.11. The number of rotatable bonds is 9. The molecular weight excluding hydrogens is 382 g/mol. The number of carbonyl (C=O) groups is 1. The van der Waals surface area contributed by atoms with Gasteiger partial charge in [-0.15, -0.1) is 10.2 Å². The lowest BCUT2D eigenvalue weighted by Crippen LogP contribution is -2.38. The van der Waals surface area contributed by atoms with Crippen LogP contribution in [0.3, 0.4) is 0 Å². The monoisotopic (exact) mass is 413 g/mol. The maximum absolute atomic E-state index is 12.4. The lowest BCUT2D eigenvalue weighted by atomic mass is 10.1. The first-order valence-electron chi connectivity index (χ1n) is 10.5. The number of amides is 1. The summed E-state index contributed by atoms with van der Waals surface area (Å²) in [7, 11) is 1.74. The molecule has 0 saturated carbocycles. The normalized spacial score (nSPS) is 16.5. The lowest BCUT2D eigenvalue weighted by Gasteiger charge is -2.14. The summed E-state index contributed by atoms with van der Waals surface area (Å²) in [5, 5.41) is 17.6. The number of hydrogen-bond acceptors (Lipinski definition) is 5.